The predicted octanol–water partition coefficient (Wildman–Crippen LogP) is 5.86. The van der Waals surface area contributed by atoms with E-state index in [0.29, 0.717) is 11.4 Å². The van der Waals surface area contributed by atoms with Gasteiger partial charge in [-0.1, -0.05) is 60.7 Å². The van der Waals surface area contributed by atoms with Crippen LogP contribution < -0.4 is 10.1 Å². The van der Waals surface area contributed by atoms with Crippen molar-refractivity contribution in [3.05, 3.63) is 89.5 Å². The second kappa shape index (κ2) is 8.10. The lowest BCUT2D eigenvalue weighted by molar-refractivity contribution is -0.112. The number of ether oxygens (including phenoxy) is 1. The minimum atomic E-state index is -0.476. The summed E-state index contributed by atoms with van der Waals surface area (Å²) >= 11 is 0. The van der Waals surface area contributed by atoms with E-state index in [1.807, 2.05) is 42.5 Å². The van der Waals surface area contributed by atoms with Crippen molar-refractivity contribution in [1.29, 1.82) is 5.26 Å². The van der Waals surface area contributed by atoms with Gasteiger partial charge in [-0.3, -0.25) is 4.79 Å². The fourth-order valence-corrected chi connectivity index (χ4v) is 3.77. The maximum Gasteiger partial charge on any atom is 0.266 e. The summed E-state index contributed by atoms with van der Waals surface area (Å²) in [5, 5.41) is 16.8. The van der Waals surface area contributed by atoms with Gasteiger partial charge >= 0.3 is 0 Å². The van der Waals surface area contributed by atoms with Gasteiger partial charge in [0.25, 0.3) is 5.91 Å². The van der Waals surface area contributed by atoms with E-state index in [4.69, 9.17) is 4.74 Å². The number of rotatable bonds is 4. The summed E-state index contributed by atoms with van der Waals surface area (Å²) in [6, 6.07) is 25.3. The summed E-state index contributed by atoms with van der Waals surface area (Å²) in [4.78, 5) is 12.9. The molecule has 0 heterocycles. The van der Waals surface area contributed by atoms with Gasteiger partial charge in [-0.2, -0.15) is 5.26 Å². The zero-order valence-electron chi connectivity index (χ0n) is 16.8. The number of nitrogens with zero attached hydrogens (tertiary/aromatic N) is 1. The molecule has 0 aliphatic rings. The first-order chi connectivity index (χ1) is 14.6. The Hall–Kier alpha value is -4.10. The largest absolute Gasteiger partial charge is 0.495 e. The van der Waals surface area contributed by atoms with Gasteiger partial charge in [-0.15, -0.1) is 0 Å². The third kappa shape index (κ3) is 3.38. The SMILES string of the molecule is COc1ccccc1NC(=O)/C(C#N)=C\c1c2ccccc2c(C)c2ccccc12. The number of fused-ring (bicyclic) bond motifs is 2. The van der Waals surface area contributed by atoms with Crippen molar-refractivity contribution in [2.75, 3.05) is 12.4 Å². The van der Waals surface area contributed by atoms with Gasteiger partial charge in [0.1, 0.15) is 17.4 Å². The molecule has 0 saturated heterocycles. The molecule has 0 saturated carbocycles. The van der Waals surface area contributed by atoms with Gasteiger partial charge in [0.15, 0.2) is 0 Å². The molecule has 146 valence electrons. The standard InChI is InChI=1S/C26H20N2O2/c1-17-19-9-3-5-11-21(19)23(22-12-6-4-10-20(17)22)15-18(16-27)26(29)28-24-13-7-8-14-25(24)30-2/h3-15H,1-2H3,(H,28,29)/b18-15-. The fourth-order valence-electron chi connectivity index (χ4n) is 3.77. The highest BCUT2D eigenvalue weighted by Gasteiger charge is 2.15. The van der Waals surface area contributed by atoms with E-state index in [-0.39, 0.29) is 5.57 Å². The van der Waals surface area contributed by atoms with Gasteiger partial charge in [0, 0.05) is 0 Å². The molecule has 0 atom stereocenters. The number of carbonyl (C=O) groups excluding carboxylic acids is 1. The highest BCUT2D eigenvalue weighted by molar-refractivity contribution is 6.15. The van der Waals surface area contributed by atoms with Crippen LogP contribution in [0.3, 0.4) is 0 Å². The highest BCUT2D eigenvalue weighted by Crippen LogP contribution is 2.34. The summed E-state index contributed by atoms with van der Waals surface area (Å²) < 4.78 is 5.29. The van der Waals surface area contributed by atoms with Crippen LogP contribution in [0, 0.1) is 18.3 Å². The molecule has 0 aliphatic heterocycles. The van der Waals surface area contributed by atoms with Crippen molar-refractivity contribution in [1.82, 2.24) is 0 Å². The maximum absolute atomic E-state index is 12.9. The quantitative estimate of drug-likeness (QED) is 0.269. The lowest BCUT2D eigenvalue weighted by atomic mass is 9.91. The molecule has 4 aromatic rings. The third-order valence-corrected chi connectivity index (χ3v) is 5.25. The summed E-state index contributed by atoms with van der Waals surface area (Å²) in [5.41, 5.74) is 2.58. The van der Waals surface area contributed by atoms with E-state index in [1.165, 1.54) is 12.7 Å². The van der Waals surface area contributed by atoms with Crippen molar-refractivity contribution in [2.45, 2.75) is 6.92 Å². The van der Waals surface area contributed by atoms with Crippen molar-refractivity contribution < 1.29 is 9.53 Å². The first-order valence-electron chi connectivity index (χ1n) is 9.60. The number of nitriles is 1. The predicted molar refractivity (Wildman–Crippen MR) is 121 cm³/mol. The number of hydrogen-bond donors (Lipinski definition) is 1. The Morgan fingerprint density at radius 2 is 1.43 bits per heavy atom. The van der Waals surface area contributed by atoms with E-state index in [9.17, 15) is 10.1 Å². The highest BCUT2D eigenvalue weighted by atomic mass is 16.5. The second-order valence-corrected chi connectivity index (χ2v) is 6.95. The van der Waals surface area contributed by atoms with E-state index < -0.39 is 5.91 Å². The second-order valence-electron chi connectivity index (χ2n) is 6.95. The fraction of sp³-hybridized carbons (Fsp3) is 0.0769. The van der Waals surface area contributed by atoms with Gasteiger partial charge in [0.2, 0.25) is 0 Å². The van der Waals surface area contributed by atoms with Crippen molar-refractivity contribution in [3.8, 4) is 11.8 Å². The number of hydrogen-bond acceptors (Lipinski definition) is 3. The zero-order chi connectivity index (χ0) is 21.1. The number of para-hydroxylation sites is 2. The molecule has 0 bridgehead atoms. The Balaban J connectivity index is 1.87. The number of nitrogens with one attached hydrogen (secondary N) is 1. The van der Waals surface area contributed by atoms with Crippen LogP contribution in [0.4, 0.5) is 5.69 Å². The number of benzene rings is 4. The minimum absolute atomic E-state index is 0.0278. The van der Waals surface area contributed by atoms with Crippen LogP contribution in [0.1, 0.15) is 11.1 Å². The van der Waals surface area contributed by atoms with Gasteiger partial charge in [-0.05, 0) is 57.8 Å². The van der Waals surface area contributed by atoms with Crippen molar-refractivity contribution in [2.24, 2.45) is 0 Å². The lowest BCUT2D eigenvalue weighted by Crippen LogP contribution is -2.14. The average Bonchev–Trinajstić information content (AvgIpc) is 2.79. The third-order valence-electron chi connectivity index (χ3n) is 5.25. The molecule has 4 rings (SSSR count). The first kappa shape index (κ1) is 19.2. The van der Waals surface area contributed by atoms with E-state index >= 15 is 0 Å². The summed E-state index contributed by atoms with van der Waals surface area (Å²) in [6.45, 7) is 2.09. The van der Waals surface area contributed by atoms with Crippen LogP contribution in [-0.2, 0) is 4.79 Å². The average molecular weight is 392 g/mol. The Morgan fingerprint density at radius 1 is 0.900 bits per heavy atom. The Labute approximate surface area is 175 Å². The van der Waals surface area contributed by atoms with Crippen LogP contribution in [0.25, 0.3) is 27.6 Å². The molecule has 4 aromatic carbocycles. The Bertz CT molecular complexity index is 1290. The monoisotopic (exact) mass is 392 g/mol. The molecule has 0 spiro atoms. The Kier molecular flexibility index (Phi) is 5.19. The molecule has 4 nitrogen and oxygen atoms in total. The summed E-state index contributed by atoms with van der Waals surface area (Å²) in [6.07, 6.45) is 1.68. The summed E-state index contributed by atoms with van der Waals surface area (Å²) in [5.74, 6) is 0.0603. The molecule has 1 amide bonds. The van der Waals surface area contributed by atoms with Gasteiger partial charge in [0.05, 0.1) is 12.8 Å². The number of aryl methyl sites for hydroxylation is 1. The van der Waals surface area contributed by atoms with Gasteiger partial charge in [-0.25, -0.2) is 0 Å². The number of methoxy groups -OCH3 is 1. The van der Waals surface area contributed by atoms with E-state index in [1.54, 1.807) is 24.3 Å². The van der Waals surface area contributed by atoms with E-state index in [0.717, 1.165) is 27.1 Å². The number of amides is 1. The lowest BCUT2D eigenvalue weighted by Gasteiger charge is -2.13. The molecular weight excluding hydrogens is 372 g/mol. The Morgan fingerprint density at radius 3 is 2.00 bits per heavy atom. The molecular formula is C26H20N2O2. The van der Waals surface area contributed by atoms with Gasteiger partial charge < -0.3 is 10.1 Å². The maximum atomic E-state index is 12.9. The molecule has 30 heavy (non-hydrogen) atoms. The molecule has 0 aliphatic carbocycles. The minimum Gasteiger partial charge on any atom is -0.495 e. The topological polar surface area (TPSA) is 62.1 Å². The van der Waals surface area contributed by atoms with Crippen LogP contribution in [0.5, 0.6) is 5.75 Å². The van der Waals surface area contributed by atoms with Crippen LogP contribution in [0.2, 0.25) is 0 Å². The van der Waals surface area contributed by atoms with Crippen molar-refractivity contribution >= 4 is 39.2 Å². The number of carbonyl (C=O) groups is 1. The molecule has 1 N–H and O–H groups in total. The number of anilines is 1. The zero-order valence-corrected chi connectivity index (χ0v) is 16.8. The molecule has 0 fully saturated rings. The smallest absolute Gasteiger partial charge is 0.266 e. The first-order valence-corrected chi connectivity index (χ1v) is 9.60. The summed E-state index contributed by atoms with van der Waals surface area (Å²) in [7, 11) is 1.54. The van der Waals surface area contributed by atoms with Crippen molar-refractivity contribution in [3.63, 3.8) is 0 Å². The molecule has 0 unspecified atom stereocenters. The molecule has 4 heteroatoms. The van der Waals surface area contributed by atoms with Crippen LogP contribution >= 0.6 is 0 Å². The van der Waals surface area contributed by atoms with Crippen LogP contribution in [0.15, 0.2) is 78.4 Å². The molecule has 0 aromatic heterocycles. The van der Waals surface area contributed by atoms with E-state index in [2.05, 4.69) is 30.4 Å². The molecule has 0 radical (unpaired) electrons. The van der Waals surface area contributed by atoms with Crippen LogP contribution in [-0.4, -0.2) is 13.0 Å². The normalized spacial score (nSPS) is 11.3.